The number of carbonyl (C=O) groups is 1. The van der Waals surface area contributed by atoms with Crippen molar-refractivity contribution >= 4 is 5.91 Å². The number of likely N-dealkylation sites (tertiary alicyclic amines) is 1. The average molecular weight is 442 g/mol. The van der Waals surface area contributed by atoms with Crippen LogP contribution in [-0.2, 0) is 11.3 Å². The summed E-state index contributed by atoms with van der Waals surface area (Å²) < 4.78 is 23.3. The monoisotopic (exact) mass is 441 g/mol. The van der Waals surface area contributed by atoms with Gasteiger partial charge in [-0.2, -0.15) is 0 Å². The van der Waals surface area contributed by atoms with E-state index in [1.54, 1.807) is 12.1 Å². The van der Waals surface area contributed by atoms with Crippen LogP contribution in [0.2, 0.25) is 0 Å². The summed E-state index contributed by atoms with van der Waals surface area (Å²) in [4.78, 5) is 15.3. The second kappa shape index (κ2) is 12.3. The number of nitrogens with zero attached hydrogens (tertiary/aromatic N) is 1. The van der Waals surface area contributed by atoms with Crippen molar-refractivity contribution in [2.75, 3.05) is 39.5 Å². The van der Waals surface area contributed by atoms with Gasteiger partial charge in [0.15, 0.2) is 11.5 Å². The van der Waals surface area contributed by atoms with Gasteiger partial charge in [-0.3, -0.25) is 4.79 Å². The molecule has 1 aliphatic rings. The Morgan fingerprint density at radius 1 is 0.969 bits per heavy atom. The third kappa shape index (κ3) is 6.39. The molecule has 3 rings (SSSR count). The van der Waals surface area contributed by atoms with Gasteiger partial charge in [0.2, 0.25) is 5.75 Å². The molecular formula is C26H35NO5. The SMILES string of the molecule is CCOc1cc(C(=O)N2CCCC(COCc3ccccc3)C2)cc(OCC)c1OCC. The molecule has 1 atom stereocenters. The molecule has 6 nitrogen and oxygen atoms in total. The summed E-state index contributed by atoms with van der Waals surface area (Å²) in [7, 11) is 0. The predicted octanol–water partition coefficient (Wildman–Crippen LogP) is 4.95. The zero-order valence-corrected chi connectivity index (χ0v) is 19.5. The summed E-state index contributed by atoms with van der Waals surface area (Å²) in [5.41, 5.74) is 1.73. The smallest absolute Gasteiger partial charge is 0.254 e. The van der Waals surface area contributed by atoms with Gasteiger partial charge in [0.25, 0.3) is 5.91 Å². The molecule has 0 N–H and O–H groups in total. The topological polar surface area (TPSA) is 57.2 Å². The molecule has 32 heavy (non-hydrogen) atoms. The Labute approximate surface area is 191 Å². The Hall–Kier alpha value is -2.73. The molecule has 0 bridgehead atoms. The van der Waals surface area contributed by atoms with Gasteiger partial charge in [0.05, 0.1) is 33.0 Å². The first-order valence-electron chi connectivity index (χ1n) is 11.6. The van der Waals surface area contributed by atoms with E-state index < -0.39 is 0 Å². The minimum absolute atomic E-state index is 0.0114. The van der Waals surface area contributed by atoms with Gasteiger partial charge in [-0.05, 0) is 57.2 Å². The second-order valence-corrected chi connectivity index (χ2v) is 7.86. The van der Waals surface area contributed by atoms with Crippen LogP contribution in [0.3, 0.4) is 0 Å². The highest BCUT2D eigenvalue weighted by molar-refractivity contribution is 5.95. The number of amides is 1. The molecule has 1 saturated heterocycles. The Morgan fingerprint density at radius 3 is 2.25 bits per heavy atom. The maximum Gasteiger partial charge on any atom is 0.254 e. The average Bonchev–Trinajstić information content (AvgIpc) is 2.82. The van der Waals surface area contributed by atoms with Crippen LogP contribution in [0.4, 0.5) is 0 Å². The molecule has 2 aromatic rings. The van der Waals surface area contributed by atoms with Crippen molar-refractivity contribution in [3.8, 4) is 17.2 Å². The fourth-order valence-corrected chi connectivity index (χ4v) is 4.00. The number of hydrogen-bond acceptors (Lipinski definition) is 5. The van der Waals surface area contributed by atoms with Crippen LogP contribution in [0, 0.1) is 5.92 Å². The van der Waals surface area contributed by atoms with Gasteiger partial charge < -0.3 is 23.8 Å². The van der Waals surface area contributed by atoms with Gasteiger partial charge in [0, 0.05) is 18.7 Å². The van der Waals surface area contributed by atoms with E-state index >= 15 is 0 Å². The molecule has 1 unspecified atom stereocenters. The maximum absolute atomic E-state index is 13.4. The molecule has 0 aliphatic carbocycles. The van der Waals surface area contributed by atoms with E-state index in [4.69, 9.17) is 18.9 Å². The van der Waals surface area contributed by atoms with Gasteiger partial charge in [-0.15, -0.1) is 0 Å². The van der Waals surface area contributed by atoms with E-state index in [-0.39, 0.29) is 5.91 Å². The lowest BCUT2D eigenvalue weighted by Crippen LogP contribution is -2.41. The number of carbonyl (C=O) groups excluding carboxylic acids is 1. The maximum atomic E-state index is 13.4. The number of hydrogen-bond donors (Lipinski definition) is 0. The lowest BCUT2D eigenvalue weighted by molar-refractivity contribution is 0.0425. The molecule has 0 spiro atoms. The lowest BCUT2D eigenvalue weighted by atomic mass is 9.98. The Kier molecular flexibility index (Phi) is 9.23. The Balaban J connectivity index is 1.68. The minimum atomic E-state index is -0.0114. The summed E-state index contributed by atoms with van der Waals surface area (Å²) in [5, 5.41) is 0. The van der Waals surface area contributed by atoms with Crippen LogP contribution < -0.4 is 14.2 Å². The number of ether oxygens (including phenoxy) is 4. The molecule has 0 aromatic heterocycles. The lowest BCUT2D eigenvalue weighted by Gasteiger charge is -2.33. The largest absolute Gasteiger partial charge is 0.490 e. The van der Waals surface area contributed by atoms with Crippen molar-refractivity contribution in [2.45, 2.75) is 40.2 Å². The molecule has 1 amide bonds. The van der Waals surface area contributed by atoms with Crippen LogP contribution >= 0.6 is 0 Å². The predicted molar refractivity (Wildman–Crippen MR) is 125 cm³/mol. The second-order valence-electron chi connectivity index (χ2n) is 7.86. The van der Waals surface area contributed by atoms with Crippen molar-refractivity contribution in [2.24, 2.45) is 5.92 Å². The zero-order valence-electron chi connectivity index (χ0n) is 19.5. The van der Waals surface area contributed by atoms with Gasteiger partial charge in [0.1, 0.15) is 0 Å². The molecule has 2 aromatic carbocycles. The van der Waals surface area contributed by atoms with Gasteiger partial charge in [-0.25, -0.2) is 0 Å². The highest BCUT2D eigenvalue weighted by Crippen LogP contribution is 2.39. The van der Waals surface area contributed by atoms with E-state index in [1.165, 1.54) is 0 Å². The van der Waals surface area contributed by atoms with Crippen molar-refractivity contribution in [1.29, 1.82) is 0 Å². The van der Waals surface area contributed by atoms with Crippen LogP contribution in [-0.4, -0.2) is 50.3 Å². The summed E-state index contributed by atoms with van der Waals surface area (Å²) in [6.45, 7) is 9.87. The number of rotatable bonds is 11. The number of benzene rings is 2. The Morgan fingerprint density at radius 2 is 1.62 bits per heavy atom. The van der Waals surface area contributed by atoms with Crippen LogP contribution in [0.15, 0.2) is 42.5 Å². The fourth-order valence-electron chi connectivity index (χ4n) is 4.00. The van der Waals surface area contributed by atoms with E-state index in [2.05, 4.69) is 12.1 Å². The summed E-state index contributed by atoms with van der Waals surface area (Å²) in [6.07, 6.45) is 2.04. The molecular weight excluding hydrogens is 406 g/mol. The first-order valence-corrected chi connectivity index (χ1v) is 11.6. The van der Waals surface area contributed by atoms with Gasteiger partial charge >= 0.3 is 0 Å². The molecule has 174 valence electrons. The molecule has 1 aliphatic heterocycles. The molecule has 0 radical (unpaired) electrons. The first kappa shape index (κ1) is 23.9. The van der Waals surface area contributed by atoms with Crippen LogP contribution in [0.25, 0.3) is 0 Å². The quantitative estimate of drug-likeness (QED) is 0.494. The highest BCUT2D eigenvalue weighted by atomic mass is 16.5. The van der Waals surface area contributed by atoms with Crippen molar-refractivity contribution in [1.82, 2.24) is 4.90 Å². The third-order valence-corrected chi connectivity index (χ3v) is 5.43. The van der Waals surface area contributed by atoms with E-state index in [1.807, 2.05) is 43.9 Å². The first-order chi connectivity index (χ1) is 15.7. The highest BCUT2D eigenvalue weighted by Gasteiger charge is 2.27. The van der Waals surface area contributed by atoms with E-state index in [0.717, 1.165) is 24.9 Å². The third-order valence-electron chi connectivity index (χ3n) is 5.43. The summed E-state index contributed by atoms with van der Waals surface area (Å²) in [6, 6.07) is 13.7. The molecule has 1 heterocycles. The molecule has 0 saturated carbocycles. The summed E-state index contributed by atoms with van der Waals surface area (Å²) in [5.74, 6) is 1.96. The van der Waals surface area contributed by atoms with Crippen molar-refractivity contribution in [3.63, 3.8) is 0 Å². The van der Waals surface area contributed by atoms with Gasteiger partial charge in [-0.1, -0.05) is 30.3 Å². The van der Waals surface area contributed by atoms with E-state index in [9.17, 15) is 4.79 Å². The number of piperidine rings is 1. The molecule has 1 fully saturated rings. The standard InChI is InChI=1S/C26H35NO5/c1-4-30-23-15-22(16-24(31-5-2)25(23)32-6-3)26(28)27-14-10-13-21(17-27)19-29-18-20-11-8-7-9-12-20/h7-9,11-12,15-16,21H,4-6,10,13-14,17-19H2,1-3H3. The fraction of sp³-hybridized carbons (Fsp3) is 0.500. The normalized spacial score (nSPS) is 16.0. The minimum Gasteiger partial charge on any atom is -0.490 e. The van der Waals surface area contributed by atoms with E-state index in [0.29, 0.717) is 68.3 Å². The zero-order chi connectivity index (χ0) is 22.8. The molecule has 6 heteroatoms. The van der Waals surface area contributed by atoms with Crippen LogP contribution in [0.5, 0.6) is 17.2 Å². The van der Waals surface area contributed by atoms with Crippen LogP contribution in [0.1, 0.15) is 49.5 Å². The van der Waals surface area contributed by atoms with Crippen molar-refractivity contribution < 1.29 is 23.7 Å². The Bertz CT molecular complexity index is 828. The summed E-state index contributed by atoms with van der Waals surface area (Å²) >= 11 is 0. The van der Waals surface area contributed by atoms with Crippen molar-refractivity contribution in [3.05, 3.63) is 53.6 Å².